The summed E-state index contributed by atoms with van der Waals surface area (Å²) < 4.78 is 27.8. The fourth-order valence-corrected chi connectivity index (χ4v) is 4.61. The van der Waals surface area contributed by atoms with Crippen LogP contribution in [-0.2, 0) is 25.8 Å². The van der Waals surface area contributed by atoms with Gasteiger partial charge in [0.25, 0.3) is 0 Å². The van der Waals surface area contributed by atoms with Gasteiger partial charge in [0.15, 0.2) is 15.4 Å². The number of fused-ring (bicyclic) bond motifs is 1. The Kier molecular flexibility index (Phi) is 4.52. The number of carbonyl (C=O) groups is 2. The van der Waals surface area contributed by atoms with Gasteiger partial charge < -0.3 is 4.52 Å². The second kappa shape index (κ2) is 6.60. The van der Waals surface area contributed by atoms with Crippen LogP contribution < -0.4 is 10.9 Å². The number of benzene rings is 1. The van der Waals surface area contributed by atoms with E-state index in [0.717, 1.165) is 5.39 Å². The average Bonchev–Trinajstić information content (AvgIpc) is 3.09. The lowest BCUT2D eigenvalue weighted by Crippen LogP contribution is -2.43. The van der Waals surface area contributed by atoms with Gasteiger partial charge in [-0.05, 0) is 24.5 Å². The highest BCUT2D eigenvalue weighted by molar-refractivity contribution is 7.91. The van der Waals surface area contributed by atoms with Crippen molar-refractivity contribution in [1.29, 1.82) is 0 Å². The van der Waals surface area contributed by atoms with E-state index in [1.807, 2.05) is 6.07 Å². The van der Waals surface area contributed by atoms with Crippen LogP contribution in [0.5, 0.6) is 0 Å². The number of nitrogens with zero attached hydrogens (tertiary/aromatic N) is 1. The van der Waals surface area contributed by atoms with Crippen molar-refractivity contribution in [3.05, 3.63) is 30.0 Å². The summed E-state index contributed by atoms with van der Waals surface area (Å²) in [6, 6.07) is 7.17. The number of hydrazine groups is 1. The first-order chi connectivity index (χ1) is 11.4. The largest absolute Gasteiger partial charge is 0.356 e. The van der Waals surface area contributed by atoms with Crippen LogP contribution in [0.1, 0.15) is 18.5 Å². The highest BCUT2D eigenvalue weighted by atomic mass is 32.2. The lowest BCUT2D eigenvalue weighted by Gasteiger charge is -2.09. The number of amides is 2. The van der Waals surface area contributed by atoms with Crippen molar-refractivity contribution in [3.63, 3.8) is 0 Å². The molecule has 1 fully saturated rings. The second-order valence-corrected chi connectivity index (χ2v) is 8.10. The van der Waals surface area contributed by atoms with Gasteiger partial charge in [-0.25, -0.2) is 8.42 Å². The highest BCUT2D eigenvalue weighted by Gasteiger charge is 2.29. The van der Waals surface area contributed by atoms with Crippen LogP contribution in [0.3, 0.4) is 0 Å². The smallest absolute Gasteiger partial charge is 0.244 e. The van der Waals surface area contributed by atoms with Crippen LogP contribution in [-0.4, -0.2) is 36.9 Å². The van der Waals surface area contributed by atoms with E-state index in [9.17, 15) is 18.0 Å². The molecular weight excluding hydrogens is 334 g/mol. The molecule has 1 aromatic carbocycles. The maximum absolute atomic E-state index is 11.9. The van der Waals surface area contributed by atoms with Gasteiger partial charge in [-0.1, -0.05) is 17.3 Å². The molecule has 3 rings (SSSR count). The van der Waals surface area contributed by atoms with E-state index in [0.29, 0.717) is 17.7 Å². The molecule has 1 atom stereocenters. The van der Waals surface area contributed by atoms with Crippen LogP contribution in [0.2, 0.25) is 0 Å². The third kappa shape index (κ3) is 3.91. The van der Waals surface area contributed by atoms with Gasteiger partial charge in [-0.2, -0.15) is 0 Å². The van der Waals surface area contributed by atoms with Crippen LogP contribution >= 0.6 is 0 Å². The summed E-state index contributed by atoms with van der Waals surface area (Å²) in [4.78, 5) is 23.7. The Hall–Kier alpha value is -2.42. The molecule has 9 heteroatoms. The molecule has 2 aromatic rings. The summed E-state index contributed by atoms with van der Waals surface area (Å²) in [7, 11) is -3.01. The summed E-state index contributed by atoms with van der Waals surface area (Å²) >= 11 is 0. The minimum atomic E-state index is -3.01. The third-order valence-electron chi connectivity index (χ3n) is 3.92. The molecule has 0 spiro atoms. The molecule has 0 unspecified atom stereocenters. The van der Waals surface area contributed by atoms with Gasteiger partial charge in [0.1, 0.15) is 5.69 Å². The summed E-state index contributed by atoms with van der Waals surface area (Å²) in [6.07, 6.45) is 0.524. The van der Waals surface area contributed by atoms with Gasteiger partial charge >= 0.3 is 0 Å². The molecule has 1 aliphatic rings. The van der Waals surface area contributed by atoms with Crippen molar-refractivity contribution in [3.8, 4) is 0 Å². The number of rotatable bonds is 4. The molecule has 0 radical (unpaired) electrons. The number of hydrogen-bond donors (Lipinski definition) is 2. The molecule has 128 valence electrons. The number of para-hydroxylation sites is 1. The molecule has 24 heavy (non-hydrogen) atoms. The molecule has 0 aliphatic carbocycles. The second-order valence-electron chi connectivity index (χ2n) is 5.87. The Morgan fingerprint density at radius 3 is 2.71 bits per heavy atom. The number of carbonyl (C=O) groups excluding carboxylic acids is 2. The maximum Gasteiger partial charge on any atom is 0.244 e. The molecule has 1 saturated heterocycles. The Morgan fingerprint density at radius 2 is 1.96 bits per heavy atom. The van der Waals surface area contributed by atoms with E-state index in [4.69, 9.17) is 4.52 Å². The van der Waals surface area contributed by atoms with E-state index in [-0.39, 0.29) is 30.3 Å². The van der Waals surface area contributed by atoms with Crippen LogP contribution in [0.4, 0.5) is 0 Å². The van der Waals surface area contributed by atoms with Crippen LogP contribution in [0.15, 0.2) is 28.8 Å². The fraction of sp³-hybridized carbons (Fsp3) is 0.400. The van der Waals surface area contributed by atoms with Gasteiger partial charge in [0, 0.05) is 11.8 Å². The zero-order chi connectivity index (χ0) is 17.2. The predicted octanol–water partition coefficient (Wildman–Crippen LogP) is 0.343. The predicted molar refractivity (Wildman–Crippen MR) is 85.4 cm³/mol. The molecular formula is C15H17N3O5S. The van der Waals surface area contributed by atoms with Crippen molar-refractivity contribution in [1.82, 2.24) is 16.0 Å². The van der Waals surface area contributed by atoms with Crippen molar-refractivity contribution < 1.29 is 22.5 Å². The molecule has 0 bridgehead atoms. The van der Waals surface area contributed by atoms with E-state index in [1.165, 1.54) is 0 Å². The standard InChI is InChI=1S/C15H17N3O5S/c19-14(7-10-5-6-24(21,22)9-10)16-17-15(20)8-12-11-3-1-2-4-13(11)23-18-12/h1-4,10H,5-9H2,(H,16,19)(H,17,20)/t10-/m1/s1. The van der Waals surface area contributed by atoms with Crippen molar-refractivity contribution in [2.24, 2.45) is 5.92 Å². The molecule has 2 N–H and O–H groups in total. The first kappa shape index (κ1) is 16.4. The first-order valence-corrected chi connectivity index (χ1v) is 9.36. The Bertz CT molecular complexity index is 874. The topological polar surface area (TPSA) is 118 Å². The van der Waals surface area contributed by atoms with E-state index in [2.05, 4.69) is 16.0 Å². The summed E-state index contributed by atoms with van der Waals surface area (Å²) in [6.45, 7) is 0. The van der Waals surface area contributed by atoms with Crippen molar-refractivity contribution in [2.45, 2.75) is 19.3 Å². The average molecular weight is 351 g/mol. The molecule has 0 saturated carbocycles. The van der Waals surface area contributed by atoms with Gasteiger partial charge in [-0.3, -0.25) is 20.4 Å². The normalized spacial score (nSPS) is 19.2. The zero-order valence-electron chi connectivity index (χ0n) is 12.8. The zero-order valence-corrected chi connectivity index (χ0v) is 13.6. The maximum atomic E-state index is 11.9. The Labute approximate surface area is 138 Å². The summed E-state index contributed by atoms with van der Waals surface area (Å²) in [5.41, 5.74) is 5.69. The van der Waals surface area contributed by atoms with Gasteiger partial charge in [0.05, 0.1) is 17.9 Å². The minimum Gasteiger partial charge on any atom is -0.356 e. The fourth-order valence-electron chi connectivity index (χ4n) is 2.75. The molecule has 2 amide bonds. The number of nitrogens with one attached hydrogen (secondary N) is 2. The van der Waals surface area contributed by atoms with Crippen LogP contribution in [0, 0.1) is 5.92 Å². The lowest BCUT2D eigenvalue weighted by atomic mass is 10.1. The number of sulfone groups is 1. The third-order valence-corrected chi connectivity index (χ3v) is 5.76. The Morgan fingerprint density at radius 1 is 1.21 bits per heavy atom. The number of aromatic nitrogens is 1. The van der Waals surface area contributed by atoms with Gasteiger partial charge in [-0.15, -0.1) is 0 Å². The van der Waals surface area contributed by atoms with Gasteiger partial charge in [0.2, 0.25) is 11.8 Å². The van der Waals surface area contributed by atoms with E-state index in [1.54, 1.807) is 18.2 Å². The Balaban J connectivity index is 1.48. The van der Waals surface area contributed by atoms with Crippen molar-refractivity contribution in [2.75, 3.05) is 11.5 Å². The monoisotopic (exact) mass is 351 g/mol. The quantitative estimate of drug-likeness (QED) is 0.767. The van der Waals surface area contributed by atoms with Crippen LogP contribution in [0.25, 0.3) is 11.0 Å². The molecule has 1 aromatic heterocycles. The highest BCUT2D eigenvalue weighted by Crippen LogP contribution is 2.21. The number of hydrogen-bond acceptors (Lipinski definition) is 6. The minimum absolute atomic E-state index is 0.0271. The van der Waals surface area contributed by atoms with E-state index < -0.39 is 21.7 Å². The lowest BCUT2D eigenvalue weighted by molar-refractivity contribution is -0.129. The SMILES string of the molecule is O=C(Cc1noc2ccccc12)NNC(=O)C[C@H]1CCS(=O)(=O)C1. The van der Waals surface area contributed by atoms with E-state index >= 15 is 0 Å². The molecule has 2 heterocycles. The molecule has 8 nitrogen and oxygen atoms in total. The summed E-state index contributed by atoms with van der Waals surface area (Å²) in [5, 5.41) is 4.59. The van der Waals surface area contributed by atoms with Crippen molar-refractivity contribution >= 4 is 32.6 Å². The molecule has 1 aliphatic heterocycles. The summed E-state index contributed by atoms with van der Waals surface area (Å²) in [5.74, 6) is -0.876. The first-order valence-electron chi connectivity index (χ1n) is 7.54.